The number of nitrogens with one attached hydrogen (secondary N) is 2. The van der Waals surface area contributed by atoms with Crippen LogP contribution in [0.25, 0.3) is 10.9 Å². The highest BCUT2D eigenvalue weighted by Gasteiger charge is 2.31. The Bertz CT molecular complexity index is 919. The molecule has 130 valence electrons. The molecule has 3 N–H and O–H groups in total. The van der Waals surface area contributed by atoms with Crippen molar-refractivity contribution in [3.8, 4) is 0 Å². The van der Waals surface area contributed by atoms with Crippen LogP contribution in [0, 0.1) is 5.82 Å². The fraction of sp³-hybridized carbons (Fsp3) is 0.353. The van der Waals surface area contributed by atoms with Crippen LogP contribution in [0.1, 0.15) is 34.9 Å². The monoisotopic (exact) mass is 343 g/mol. The van der Waals surface area contributed by atoms with Crippen molar-refractivity contribution in [1.29, 1.82) is 0 Å². The highest BCUT2D eigenvalue weighted by atomic mass is 19.1. The predicted octanol–water partition coefficient (Wildman–Crippen LogP) is 1.57. The molecule has 0 unspecified atom stereocenters. The van der Waals surface area contributed by atoms with Gasteiger partial charge in [0.05, 0.1) is 18.3 Å². The first-order valence-electron chi connectivity index (χ1n) is 8.25. The summed E-state index contributed by atoms with van der Waals surface area (Å²) >= 11 is 0. The van der Waals surface area contributed by atoms with Gasteiger partial charge in [-0.1, -0.05) is 5.21 Å². The van der Waals surface area contributed by atoms with Gasteiger partial charge in [-0.15, -0.1) is 5.10 Å². The van der Waals surface area contributed by atoms with Crippen LogP contribution in [0.3, 0.4) is 0 Å². The average molecular weight is 343 g/mol. The van der Waals surface area contributed by atoms with E-state index in [1.165, 1.54) is 12.1 Å². The van der Waals surface area contributed by atoms with Gasteiger partial charge in [0.25, 0.3) is 5.91 Å². The molecule has 0 bridgehead atoms. The van der Waals surface area contributed by atoms with Gasteiger partial charge in [-0.2, -0.15) is 0 Å². The second-order valence-electron chi connectivity index (χ2n) is 6.31. The zero-order valence-corrected chi connectivity index (χ0v) is 13.4. The summed E-state index contributed by atoms with van der Waals surface area (Å²) in [6.07, 6.45) is 5.19. The number of aromatic amines is 1. The number of hydrogen-bond acceptors (Lipinski definition) is 4. The van der Waals surface area contributed by atoms with Crippen molar-refractivity contribution in [2.45, 2.75) is 31.4 Å². The lowest BCUT2D eigenvalue weighted by atomic mass is 9.89. The summed E-state index contributed by atoms with van der Waals surface area (Å²) in [7, 11) is 0. The SMILES string of the molecule is O=C(NCCc1c[nH]c2cc(F)ccc12)c1cn([C@@H]2CC[C@H]2O)nn1. The number of halogens is 1. The normalized spacial score (nSPS) is 19.8. The maximum Gasteiger partial charge on any atom is 0.273 e. The molecule has 0 aliphatic heterocycles. The molecule has 0 spiro atoms. The highest BCUT2D eigenvalue weighted by molar-refractivity contribution is 5.91. The Balaban J connectivity index is 1.35. The first-order valence-corrected chi connectivity index (χ1v) is 8.25. The summed E-state index contributed by atoms with van der Waals surface area (Å²) in [5.74, 6) is -0.584. The van der Waals surface area contributed by atoms with Gasteiger partial charge in [0.2, 0.25) is 0 Å². The zero-order valence-electron chi connectivity index (χ0n) is 13.4. The molecule has 2 heterocycles. The van der Waals surface area contributed by atoms with Gasteiger partial charge in [-0.05, 0) is 43.0 Å². The number of aliphatic hydroxyl groups is 1. The van der Waals surface area contributed by atoms with Crippen LogP contribution in [0.15, 0.2) is 30.6 Å². The number of aromatic nitrogens is 4. The minimum Gasteiger partial charge on any atom is -0.391 e. The first-order chi connectivity index (χ1) is 12.1. The van der Waals surface area contributed by atoms with Crippen LogP contribution >= 0.6 is 0 Å². The van der Waals surface area contributed by atoms with Gasteiger partial charge in [0.1, 0.15) is 5.82 Å². The highest BCUT2D eigenvalue weighted by Crippen LogP contribution is 2.31. The zero-order chi connectivity index (χ0) is 17.4. The molecule has 1 aliphatic rings. The lowest BCUT2D eigenvalue weighted by Crippen LogP contribution is -2.34. The second-order valence-corrected chi connectivity index (χ2v) is 6.31. The number of H-pyrrole nitrogens is 1. The van der Waals surface area contributed by atoms with Crippen LogP contribution < -0.4 is 5.32 Å². The molecule has 4 rings (SSSR count). The molecular formula is C17H18FN5O2. The number of nitrogens with zero attached hydrogens (tertiary/aromatic N) is 3. The molecule has 3 aromatic rings. The molecule has 0 saturated heterocycles. The molecule has 1 aliphatic carbocycles. The maximum absolute atomic E-state index is 13.2. The van der Waals surface area contributed by atoms with Gasteiger partial charge in [-0.3, -0.25) is 4.79 Å². The Morgan fingerprint density at radius 3 is 3.08 bits per heavy atom. The van der Waals surface area contributed by atoms with E-state index < -0.39 is 6.10 Å². The largest absolute Gasteiger partial charge is 0.391 e. The molecule has 25 heavy (non-hydrogen) atoms. The summed E-state index contributed by atoms with van der Waals surface area (Å²) in [6, 6.07) is 4.52. The number of carbonyl (C=O) groups is 1. The molecule has 0 radical (unpaired) electrons. The van der Waals surface area contributed by atoms with Gasteiger partial charge >= 0.3 is 0 Å². The molecule has 8 heteroatoms. The van der Waals surface area contributed by atoms with Crippen LogP contribution in [0.5, 0.6) is 0 Å². The van der Waals surface area contributed by atoms with Crippen molar-refractivity contribution in [1.82, 2.24) is 25.3 Å². The van der Waals surface area contributed by atoms with Gasteiger partial charge in [-0.25, -0.2) is 9.07 Å². The molecule has 1 aromatic carbocycles. The number of fused-ring (bicyclic) bond motifs is 1. The Labute approximate surface area is 142 Å². The van der Waals surface area contributed by atoms with E-state index in [-0.39, 0.29) is 23.5 Å². The van der Waals surface area contributed by atoms with Crippen LogP contribution in [0.2, 0.25) is 0 Å². The van der Waals surface area contributed by atoms with Crippen molar-refractivity contribution >= 4 is 16.8 Å². The number of amides is 1. The third-order valence-electron chi connectivity index (χ3n) is 4.69. The lowest BCUT2D eigenvalue weighted by Gasteiger charge is -2.31. The standard InChI is InChI=1S/C17H18FN5O2/c18-11-1-2-12-10(8-20-13(12)7-11)5-6-19-17(25)14-9-23(22-21-14)15-3-4-16(15)24/h1-2,7-9,15-16,20,24H,3-6H2,(H,19,25)/t15-,16-/m1/s1. The molecular weight excluding hydrogens is 325 g/mol. The van der Waals surface area contributed by atoms with E-state index in [1.54, 1.807) is 16.9 Å². The van der Waals surface area contributed by atoms with Gasteiger partial charge in [0, 0.05) is 23.6 Å². The van der Waals surface area contributed by atoms with Crippen LogP contribution in [-0.2, 0) is 6.42 Å². The molecule has 1 amide bonds. The van der Waals surface area contributed by atoms with E-state index in [4.69, 9.17) is 0 Å². The number of rotatable bonds is 5. The molecule has 1 fully saturated rings. The molecule has 7 nitrogen and oxygen atoms in total. The van der Waals surface area contributed by atoms with E-state index in [1.807, 2.05) is 6.20 Å². The fourth-order valence-electron chi connectivity index (χ4n) is 3.08. The van der Waals surface area contributed by atoms with Gasteiger partial charge < -0.3 is 15.4 Å². The van der Waals surface area contributed by atoms with E-state index in [0.29, 0.717) is 13.0 Å². The number of carbonyl (C=O) groups excluding carboxylic acids is 1. The summed E-state index contributed by atoms with van der Waals surface area (Å²) < 4.78 is 14.7. The Kier molecular flexibility index (Phi) is 3.96. The fourth-order valence-corrected chi connectivity index (χ4v) is 3.08. The van der Waals surface area contributed by atoms with E-state index >= 15 is 0 Å². The maximum atomic E-state index is 13.2. The number of benzene rings is 1. The van der Waals surface area contributed by atoms with E-state index in [2.05, 4.69) is 20.6 Å². The number of aliphatic hydroxyl groups excluding tert-OH is 1. The van der Waals surface area contributed by atoms with Crippen LogP contribution in [0.4, 0.5) is 4.39 Å². The molecule has 2 aromatic heterocycles. The van der Waals surface area contributed by atoms with Crippen molar-refractivity contribution < 1.29 is 14.3 Å². The molecule has 2 atom stereocenters. The summed E-state index contributed by atoms with van der Waals surface area (Å²) in [6.45, 7) is 0.433. The minimum absolute atomic E-state index is 0.0827. The summed E-state index contributed by atoms with van der Waals surface area (Å²) in [5, 5.41) is 21.2. The van der Waals surface area contributed by atoms with Crippen molar-refractivity contribution in [3.05, 3.63) is 47.7 Å². The Morgan fingerprint density at radius 2 is 2.32 bits per heavy atom. The smallest absolute Gasteiger partial charge is 0.273 e. The van der Waals surface area contributed by atoms with Crippen LogP contribution in [-0.4, -0.2) is 43.6 Å². The van der Waals surface area contributed by atoms with E-state index in [0.717, 1.165) is 29.3 Å². The average Bonchev–Trinajstić information content (AvgIpc) is 3.20. The Hall–Kier alpha value is -2.74. The third-order valence-corrected chi connectivity index (χ3v) is 4.69. The Morgan fingerprint density at radius 1 is 1.44 bits per heavy atom. The lowest BCUT2D eigenvalue weighted by molar-refractivity contribution is 0.0244. The summed E-state index contributed by atoms with van der Waals surface area (Å²) in [4.78, 5) is 15.2. The third kappa shape index (κ3) is 3.00. The topological polar surface area (TPSA) is 95.8 Å². The molecule has 1 saturated carbocycles. The minimum atomic E-state index is -0.413. The summed E-state index contributed by atoms with van der Waals surface area (Å²) in [5.41, 5.74) is 1.99. The number of hydrogen-bond donors (Lipinski definition) is 3. The van der Waals surface area contributed by atoms with Gasteiger partial charge in [0.15, 0.2) is 5.69 Å². The van der Waals surface area contributed by atoms with Crippen molar-refractivity contribution in [2.75, 3.05) is 6.54 Å². The van der Waals surface area contributed by atoms with E-state index in [9.17, 15) is 14.3 Å². The second kappa shape index (κ2) is 6.29. The van der Waals surface area contributed by atoms with Crippen molar-refractivity contribution in [2.24, 2.45) is 0 Å². The predicted molar refractivity (Wildman–Crippen MR) is 88.6 cm³/mol. The quantitative estimate of drug-likeness (QED) is 0.655. The van der Waals surface area contributed by atoms with Crippen molar-refractivity contribution in [3.63, 3.8) is 0 Å². The first kappa shape index (κ1) is 15.8.